The lowest BCUT2D eigenvalue weighted by Gasteiger charge is -2.35. The molecule has 0 aliphatic carbocycles. The number of aryl methyl sites for hydroxylation is 2. The highest BCUT2D eigenvalue weighted by Gasteiger charge is 2.26. The van der Waals surface area contributed by atoms with Crippen molar-refractivity contribution in [3.63, 3.8) is 0 Å². The zero-order valence-electron chi connectivity index (χ0n) is 16.0. The van der Waals surface area contributed by atoms with E-state index in [0.29, 0.717) is 37.7 Å². The summed E-state index contributed by atoms with van der Waals surface area (Å²) in [5.41, 5.74) is 3.66. The summed E-state index contributed by atoms with van der Waals surface area (Å²) in [7, 11) is 1.90. The van der Waals surface area contributed by atoms with E-state index in [9.17, 15) is 9.59 Å². The fourth-order valence-corrected chi connectivity index (χ4v) is 3.32. The van der Waals surface area contributed by atoms with E-state index in [4.69, 9.17) is 0 Å². The molecule has 0 unspecified atom stereocenters. The molecule has 1 saturated heterocycles. The number of carbonyl (C=O) groups excluding carboxylic acids is 2. The van der Waals surface area contributed by atoms with Crippen molar-refractivity contribution in [3.8, 4) is 0 Å². The Balaban J connectivity index is 1.67. The summed E-state index contributed by atoms with van der Waals surface area (Å²) >= 11 is 0. The zero-order valence-corrected chi connectivity index (χ0v) is 16.0. The summed E-state index contributed by atoms with van der Waals surface area (Å²) in [6, 6.07) is 7.97. The molecule has 1 aliphatic rings. The highest BCUT2D eigenvalue weighted by Crippen LogP contribution is 2.21. The number of amides is 2. The molecule has 1 aromatic carbocycles. The van der Waals surface area contributed by atoms with Crippen LogP contribution in [-0.2, 0) is 7.05 Å². The molecule has 0 atom stereocenters. The smallest absolute Gasteiger partial charge is 0.255 e. The average molecular weight is 353 g/mol. The van der Waals surface area contributed by atoms with Gasteiger partial charge < -0.3 is 14.4 Å². The average Bonchev–Trinajstić information content (AvgIpc) is 3.07. The van der Waals surface area contributed by atoms with Gasteiger partial charge in [0.15, 0.2) is 0 Å². The van der Waals surface area contributed by atoms with Gasteiger partial charge in [0.25, 0.3) is 11.8 Å². The maximum atomic E-state index is 13.0. The van der Waals surface area contributed by atoms with E-state index in [2.05, 4.69) is 19.9 Å². The van der Waals surface area contributed by atoms with Gasteiger partial charge in [0.05, 0.1) is 5.56 Å². The number of hydrogen-bond donors (Lipinski definition) is 0. The summed E-state index contributed by atoms with van der Waals surface area (Å²) in [4.78, 5) is 29.2. The Morgan fingerprint density at radius 3 is 2.12 bits per heavy atom. The molecule has 1 aliphatic heterocycles. The second-order valence-corrected chi connectivity index (χ2v) is 7.38. The standard InChI is InChI=1S/C21H27N3O2/c1-15(2)17-6-5-16(3)19(13-17)21(26)24-11-9-23(10-12-24)20(25)18-7-8-22(4)14-18/h5-8,13-15H,9-12H2,1-4H3. The molecule has 0 spiro atoms. The van der Waals surface area contributed by atoms with Crippen LogP contribution in [-0.4, -0.2) is 52.4 Å². The lowest BCUT2D eigenvalue weighted by Crippen LogP contribution is -2.50. The van der Waals surface area contributed by atoms with Crippen LogP contribution in [0.4, 0.5) is 0 Å². The predicted molar refractivity (Wildman–Crippen MR) is 102 cm³/mol. The molecule has 1 aromatic heterocycles. The molecule has 2 heterocycles. The molecule has 3 rings (SSSR count). The Morgan fingerprint density at radius 2 is 1.58 bits per heavy atom. The summed E-state index contributed by atoms with van der Waals surface area (Å²) < 4.78 is 1.87. The van der Waals surface area contributed by atoms with Crippen LogP contribution in [0.3, 0.4) is 0 Å². The molecular formula is C21H27N3O2. The third-order valence-corrected chi connectivity index (χ3v) is 5.09. The molecule has 0 bridgehead atoms. The third-order valence-electron chi connectivity index (χ3n) is 5.09. The quantitative estimate of drug-likeness (QED) is 0.851. The van der Waals surface area contributed by atoms with Crippen molar-refractivity contribution in [2.75, 3.05) is 26.2 Å². The normalized spacial score (nSPS) is 14.8. The van der Waals surface area contributed by atoms with Gasteiger partial charge in [-0.25, -0.2) is 0 Å². The van der Waals surface area contributed by atoms with E-state index in [1.807, 2.05) is 58.9 Å². The van der Waals surface area contributed by atoms with Crippen molar-refractivity contribution in [2.24, 2.45) is 7.05 Å². The van der Waals surface area contributed by atoms with E-state index in [0.717, 1.165) is 11.1 Å². The Bertz CT molecular complexity index is 814. The number of aromatic nitrogens is 1. The zero-order chi connectivity index (χ0) is 18.8. The van der Waals surface area contributed by atoms with Gasteiger partial charge in [0.2, 0.25) is 0 Å². The summed E-state index contributed by atoms with van der Waals surface area (Å²) in [6.07, 6.45) is 3.71. The van der Waals surface area contributed by atoms with Crippen molar-refractivity contribution >= 4 is 11.8 Å². The molecule has 5 nitrogen and oxygen atoms in total. The van der Waals surface area contributed by atoms with Crippen LogP contribution in [0.25, 0.3) is 0 Å². The van der Waals surface area contributed by atoms with Gasteiger partial charge >= 0.3 is 0 Å². The Hall–Kier alpha value is -2.56. The second-order valence-electron chi connectivity index (χ2n) is 7.38. The van der Waals surface area contributed by atoms with Crippen molar-refractivity contribution in [1.82, 2.24) is 14.4 Å². The molecule has 0 N–H and O–H groups in total. The topological polar surface area (TPSA) is 45.6 Å². The molecular weight excluding hydrogens is 326 g/mol. The first-order chi connectivity index (χ1) is 12.4. The van der Waals surface area contributed by atoms with Gasteiger partial charge in [0, 0.05) is 51.2 Å². The van der Waals surface area contributed by atoms with Gasteiger partial charge in [-0.15, -0.1) is 0 Å². The number of hydrogen-bond acceptors (Lipinski definition) is 2. The minimum Gasteiger partial charge on any atom is -0.356 e. The number of benzene rings is 1. The van der Waals surface area contributed by atoms with Gasteiger partial charge in [-0.3, -0.25) is 9.59 Å². The molecule has 26 heavy (non-hydrogen) atoms. The predicted octanol–water partition coefficient (Wildman–Crippen LogP) is 3.06. The first-order valence-electron chi connectivity index (χ1n) is 9.18. The SMILES string of the molecule is Cc1ccc(C(C)C)cc1C(=O)N1CCN(C(=O)c2ccn(C)c2)CC1. The van der Waals surface area contributed by atoms with E-state index in [1.54, 1.807) is 0 Å². The number of rotatable bonds is 3. The van der Waals surface area contributed by atoms with Crippen LogP contribution < -0.4 is 0 Å². The van der Waals surface area contributed by atoms with Crippen molar-refractivity contribution in [2.45, 2.75) is 26.7 Å². The van der Waals surface area contributed by atoms with Crippen LogP contribution >= 0.6 is 0 Å². The van der Waals surface area contributed by atoms with Gasteiger partial charge in [0.1, 0.15) is 0 Å². The summed E-state index contributed by atoms with van der Waals surface area (Å²) in [5, 5.41) is 0. The fourth-order valence-electron chi connectivity index (χ4n) is 3.32. The van der Waals surface area contributed by atoms with E-state index in [-0.39, 0.29) is 11.8 Å². The van der Waals surface area contributed by atoms with Crippen LogP contribution in [0.2, 0.25) is 0 Å². The largest absolute Gasteiger partial charge is 0.356 e. The first kappa shape index (κ1) is 18.2. The Labute approximate surface area is 155 Å². The molecule has 2 amide bonds. The van der Waals surface area contributed by atoms with Gasteiger partial charge in [-0.05, 0) is 36.1 Å². The third kappa shape index (κ3) is 3.66. The monoisotopic (exact) mass is 353 g/mol. The van der Waals surface area contributed by atoms with Crippen LogP contribution in [0.1, 0.15) is 51.6 Å². The van der Waals surface area contributed by atoms with Crippen molar-refractivity contribution < 1.29 is 9.59 Å². The fraction of sp³-hybridized carbons (Fsp3) is 0.429. The van der Waals surface area contributed by atoms with Crippen molar-refractivity contribution in [3.05, 3.63) is 58.9 Å². The van der Waals surface area contributed by atoms with Crippen LogP contribution in [0.15, 0.2) is 36.7 Å². The minimum absolute atomic E-state index is 0.0377. The first-order valence-corrected chi connectivity index (χ1v) is 9.18. The Morgan fingerprint density at radius 1 is 0.962 bits per heavy atom. The molecule has 5 heteroatoms. The molecule has 138 valence electrons. The highest BCUT2D eigenvalue weighted by atomic mass is 16.2. The van der Waals surface area contributed by atoms with Crippen LogP contribution in [0.5, 0.6) is 0 Å². The summed E-state index contributed by atoms with van der Waals surface area (Å²) in [5.74, 6) is 0.495. The molecule has 2 aromatic rings. The number of nitrogens with zero attached hydrogens (tertiary/aromatic N) is 3. The molecule has 0 radical (unpaired) electrons. The van der Waals surface area contributed by atoms with Gasteiger partial charge in [-0.2, -0.15) is 0 Å². The summed E-state index contributed by atoms with van der Waals surface area (Å²) in [6.45, 7) is 8.53. The molecule has 1 fully saturated rings. The van der Waals surface area contributed by atoms with Crippen molar-refractivity contribution in [1.29, 1.82) is 0 Å². The van der Waals surface area contributed by atoms with E-state index < -0.39 is 0 Å². The van der Waals surface area contributed by atoms with E-state index in [1.165, 1.54) is 5.56 Å². The molecule has 0 saturated carbocycles. The second kappa shape index (κ2) is 7.36. The van der Waals surface area contributed by atoms with Crippen LogP contribution in [0, 0.1) is 6.92 Å². The maximum absolute atomic E-state index is 13.0. The lowest BCUT2D eigenvalue weighted by atomic mass is 9.97. The highest BCUT2D eigenvalue weighted by molar-refractivity contribution is 5.97. The van der Waals surface area contributed by atoms with E-state index >= 15 is 0 Å². The number of piperazine rings is 1. The minimum atomic E-state index is 0.0377. The van der Waals surface area contributed by atoms with Gasteiger partial charge in [-0.1, -0.05) is 26.0 Å². The lowest BCUT2D eigenvalue weighted by molar-refractivity contribution is 0.0535. The number of carbonyl (C=O) groups is 2. The maximum Gasteiger partial charge on any atom is 0.255 e. The Kier molecular flexibility index (Phi) is 5.16.